The average molecular weight is 284 g/mol. The number of ether oxygens (including phenoxy) is 2. The molecule has 1 amide bonds. The van der Waals surface area contributed by atoms with E-state index in [1.807, 2.05) is 4.90 Å². The molecule has 116 valence electrons. The number of carbonyl (C=O) groups excluding carboxylic acids is 1. The first-order chi connectivity index (χ1) is 9.46. The minimum absolute atomic E-state index is 0.0611. The zero-order chi connectivity index (χ0) is 14.6. The normalized spacial score (nSPS) is 25.4. The molecule has 20 heavy (non-hydrogen) atoms. The quantitative estimate of drug-likeness (QED) is 0.841. The van der Waals surface area contributed by atoms with Crippen molar-refractivity contribution in [3.05, 3.63) is 0 Å². The molecule has 0 bridgehead atoms. The molecule has 1 saturated heterocycles. The molecule has 5 nitrogen and oxygen atoms in total. The van der Waals surface area contributed by atoms with Gasteiger partial charge in [0, 0.05) is 19.6 Å². The number of amides is 1. The maximum absolute atomic E-state index is 12.1. The Bertz CT molecular complexity index is 328. The predicted molar refractivity (Wildman–Crippen MR) is 77.4 cm³/mol. The van der Waals surface area contributed by atoms with Crippen LogP contribution in [0.1, 0.15) is 39.5 Å². The van der Waals surface area contributed by atoms with E-state index in [1.165, 1.54) is 0 Å². The number of hydrogen-bond donors (Lipinski definition) is 1. The van der Waals surface area contributed by atoms with Gasteiger partial charge in [0.15, 0.2) is 0 Å². The summed E-state index contributed by atoms with van der Waals surface area (Å²) in [5.41, 5.74) is 6.00. The van der Waals surface area contributed by atoms with E-state index in [2.05, 4.69) is 13.8 Å². The molecule has 2 aliphatic rings. The summed E-state index contributed by atoms with van der Waals surface area (Å²) in [4.78, 5) is 14.0. The molecule has 0 unspecified atom stereocenters. The summed E-state index contributed by atoms with van der Waals surface area (Å²) in [6.07, 6.45) is 4.12. The fourth-order valence-corrected chi connectivity index (χ4v) is 2.91. The van der Waals surface area contributed by atoms with Crippen LogP contribution in [0.3, 0.4) is 0 Å². The van der Waals surface area contributed by atoms with E-state index in [-0.39, 0.29) is 18.1 Å². The Balaban J connectivity index is 1.83. The van der Waals surface area contributed by atoms with Crippen LogP contribution >= 0.6 is 0 Å². The molecule has 1 aliphatic heterocycles. The number of morpholine rings is 1. The van der Waals surface area contributed by atoms with Crippen LogP contribution in [0.25, 0.3) is 0 Å². The van der Waals surface area contributed by atoms with Crippen LogP contribution in [0.5, 0.6) is 0 Å². The summed E-state index contributed by atoms with van der Waals surface area (Å²) >= 11 is 0. The van der Waals surface area contributed by atoms with Crippen LogP contribution in [0, 0.1) is 5.41 Å². The summed E-state index contributed by atoms with van der Waals surface area (Å²) in [5, 5.41) is 0. The molecule has 0 aromatic heterocycles. The summed E-state index contributed by atoms with van der Waals surface area (Å²) < 4.78 is 11.2. The van der Waals surface area contributed by atoms with Crippen molar-refractivity contribution in [2.75, 3.05) is 39.5 Å². The minimum atomic E-state index is -0.294. The molecule has 0 atom stereocenters. The van der Waals surface area contributed by atoms with Gasteiger partial charge in [-0.3, -0.25) is 4.79 Å². The lowest BCUT2D eigenvalue weighted by atomic mass is 9.71. The standard InChI is InChI=1S/C15H28N2O3/c1-14(2)3-5-15(12-16,6-4-14)20-11-13(18)17-7-9-19-10-8-17/h3-12,16H2,1-2H3. The molecule has 0 aromatic rings. The number of rotatable bonds is 4. The Labute approximate surface area is 121 Å². The highest BCUT2D eigenvalue weighted by molar-refractivity contribution is 5.77. The van der Waals surface area contributed by atoms with Gasteiger partial charge in [0.1, 0.15) is 6.61 Å². The Morgan fingerprint density at radius 1 is 1.20 bits per heavy atom. The number of nitrogens with zero attached hydrogens (tertiary/aromatic N) is 1. The van der Waals surface area contributed by atoms with Gasteiger partial charge in [-0.05, 0) is 31.1 Å². The van der Waals surface area contributed by atoms with Crippen molar-refractivity contribution in [2.24, 2.45) is 11.1 Å². The molecule has 1 aliphatic carbocycles. The smallest absolute Gasteiger partial charge is 0.248 e. The third kappa shape index (κ3) is 3.93. The maximum atomic E-state index is 12.1. The first-order valence-electron chi connectivity index (χ1n) is 7.66. The Morgan fingerprint density at radius 2 is 1.80 bits per heavy atom. The monoisotopic (exact) mass is 284 g/mol. The molecule has 0 spiro atoms. The predicted octanol–water partition coefficient (Wildman–Crippen LogP) is 1.16. The van der Waals surface area contributed by atoms with Crippen molar-refractivity contribution < 1.29 is 14.3 Å². The third-order valence-corrected chi connectivity index (χ3v) is 4.75. The molecule has 2 N–H and O–H groups in total. The van der Waals surface area contributed by atoms with Crippen LogP contribution < -0.4 is 5.73 Å². The van der Waals surface area contributed by atoms with Gasteiger partial charge in [-0.2, -0.15) is 0 Å². The lowest BCUT2D eigenvalue weighted by Crippen LogP contribution is -2.49. The van der Waals surface area contributed by atoms with Gasteiger partial charge in [0.25, 0.3) is 0 Å². The molecule has 5 heteroatoms. The van der Waals surface area contributed by atoms with E-state index in [0.29, 0.717) is 38.3 Å². The van der Waals surface area contributed by atoms with E-state index in [1.54, 1.807) is 0 Å². The van der Waals surface area contributed by atoms with Crippen LogP contribution in [0.4, 0.5) is 0 Å². The second-order valence-electron chi connectivity index (χ2n) is 6.83. The first kappa shape index (κ1) is 15.7. The molecule has 0 radical (unpaired) electrons. The van der Waals surface area contributed by atoms with Gasteiger partial charge >= 0.3 is 0 Å². The van der Waals surface area contributed by atoms with Crippen LogP contribution in [0.15, 0.2) is 0 Å². The van der Waals surface area contributed by atoms with Crippen LogP contribution in [0.2, 0.25) is 0 Å². The lowest BCUT2D eigenvalue weighted by molar-refractivity contribution is -0.150. The van der Waals surface area contributed by atoms with Crippen molar-refractivity contribution in [3.63, 3.8) is 0 Å². The Morgan fingerprint density at radius 3 is 2.35 bits per heavy atom. The molecule has 2 rings (SSSR count). The second-order valence-corrected chi connectivity index (χ2v) is 6.83. The zero-order valence-electron chi connectivity index (χ0n) is 12.8. The van der Waals surface area contributed by atoms with E-state index in [4.69, 9.17) is 15.2 Å². The van der Waals surface area contributed by atoms with Crippen molar-refractivity contribution in [3.8, 4) is 0 Å². The number of carbonyl (C=O) groups is 1. The fourth-order valence-electron chi connectivity index (χ4n) is 2.91. The van der Waals surface area contributed by atoms with Gasteiger partial charge < -0.3 is 20.1 Å². The largest absolute Gasteiger partial charge is 0.378 e. The topological polar surface area (TPSA) is 64.8 Å². The zero-order valence-corrected chi connectivity index (χ0v) is 12.8. The molecule has 0 aromatic carbocycles. The summed E-state index contributed by atoms with van der Waals surface area (Å²) in [6, 6.07) is 0. The van der Waals surface area contributed by atoms with E-state index < -0.39 is 0 Å². The SMILES string of the molecule is CC1(C)CCC(CN)(OCC(=O)N2CCOCC2)CC1. The summed E-state index contributed by atoms with van der Waals surface area (Å²) in [5.74, 6) is 0.0611. The lowest BCUT2D eigenvalue weighted by Gasteiger charge is -2.43. The fraction of sp³-hybridized carbons (Fsp3) is 0.933. The maximum Gasteiger partial charge on any atom is 0.248 e. The number of nitrogens with two attached hydrogens (primary N) is 1. The molecule has 1 saturated carbocycles. The van der Waals surface area contributed by atoms with Crippen LogP contribution in [-0.4, -0.2) is 55.9 Å². The second kappa shape index (κ2) is 6.41. The van der Waals surface area contributed by atoms with Gasteiger partial charge in [-0.1, -0.05) is 13.8 Å². The van der Waals surface area contributed by atoms with Gasteiger partial charge in [-0.15, -0.1) is 0 Å². The average Bonchev–Trinajstić information content (AvgIpc) is 2.47. The summed E-state index contributed by atoms with van der Waals surface area (Å²) in [6.45, 7) is 7.81. The van der Waals surface area contributed by atoms with Crippen molar-refractivity contribution in [1.29, 1.82) is 0 Å². The van der Waals surface area contributed by atoms with Gasteiger partial charge in [0.2, 0.25) is 5.91 Å². The first-order valence-corrected chi connectivity index (χ1v) is 7.66. The third-order valence-electron chi connectivity index (χ3n) is 4.75. The van der Waals surface area contributed by atoms with E-state index in [9.17, 15) is 4.79 Å². The molecule has 2 fully saturated rings. The Kier molecular flexibility index (Phi) is 5.04. The highest BCUT2D eigenvalue weighted by Gasteiger charge is 2.38. The van der Waals surface area contributed by atoms with E-state index in [0.717, 1.165) is 25.7 Å². The highest BCUT2D eigenvalue weighted by Crippen LogP contribution is 2.41. The van der Waals surface area contributed by atoms with Crippen molar-refractivity contribution in [2.45, 2.75) is 45.1 Å². The molecular weight excluding hydrogens is 256 g/mol. The highest BCUT2D eigenvalue weighted by atomic mass is 16.5. The van der Waals surface area contributed by atoms with Gasteiger partial charge in [-0.25, -0.2) is 0 Å². The Hall–Kier alpha value is -0.650. The molecular formula is C15H28N2O3. The van der Waals surface area contributed by atoms with E-state index >= 15 is 0 Å². The van der Waals surface area contributed by atoms with Crippen LogP contribution in [-0.2, 0) is 14.3 Å². The van der Waals surface area contributed by atoms with Gasteiger partial charge in [0.05, 0.1) is 18.8 Å². The summed E-state index contributed by atoms with van der Waals surface area (Å²) in [7, 11) is 0. The van der Waals surface area contributed by atoms with Crippen molar-refractivity contribution >= 4 is 5.91 Å². The molecule has 1 heterocycles. The minimum Gasteiger partial charge on any atom is -0.378 e. The number of hydrogen-bond acceptors (Lipinski definition) is 4. The van der Waals surface area contributed by atoms with Crippen molar-refractivity contribution in [1.82, 2.24) is 4.90 Å².